The van der Waals surface area contributed by atoms with Crippen molar-refractivity contribution >= 4 is 35.5 Å². The highest BCUT2D eigenvalue weighted by molar-refractivity contribution is 8.03. The first kappa shape index (κ1) is 22.9. The molecular formula is C20H30N6O5S. The van der Waals surface area contributed by atoms with Crippen LogP contribution >= 0.6 is 11.8 Å². The van der Waals surface area contributed by atoms with Crippen LogP contribution in [0.3, 0.4) is 0 Å². The van der Waals surface area contributed by atoms with Gasteiger partial charge in [-0.05, 0) is 13.3 Å². The number of carbonyl (C=O) groups is 3. The van der Waals surface area contributed by atoms with Crippen LogP contribution in [0.25, 0.3) is 0 Å². The maximum absolute atomic E-state index is 12.9. The number of aliphatic hydroxyl groups excluding tert-OH is 1. The molecule has 3 saturated heterocycles. The Bertz CT molecular complexity index is 871. The summed E-state index contributed by atoms with van der Waals surface area (Å²) < 4.78 is 0. The van der Waals surface area contributed by atoms with Crippen LogP contribution < -0.4 is 11.1 Å². The average molecular weight is 467 g/mol. The highest BCUT2D eigenvalue weighted by atomic mass is 32.2. The smallest absolute Gasteiger partial charge is 0.353 e. The summed E-state index contributed by atoms with van der Waals surface area (Å²) in [4.78, 5) is 42.9. The standard InChI is InChI=1S/C20H30N6O5S/c1-9-14-13(10(2)27)18(29)26(14)15(19(30)31)16(9)32-11-7-12(23-8-11)17(28)24-3-5-25(6-4-24)20(21)22/h9-14,23,27H,3-8H2,1-2H3,(H3,21,22)(H,30,31)/t9-,10?,11+,12+,13-,14-/m1/s1. The molecule has 2 amide bonds. The number of hydrogen-bond donors (Lipinski definition) is 5. The van der Waals surface area contributed by atoms with Gasteiger partial charge in [0.05, 0.1) is 24.1 Å². The van der Waals surface area contributed by atoms with Gasteiger partial charge in [0.2, 0.25) is 11.8 Å². The lowest BCUT2D eigenvalue weighted by Gasteiger charge is -2.46. The quantitative estimate of drug-likeness (QED) is 0.187. The first-order chi connectivity index (χ1) is 15.1. The Kier molecular flexibility index (Phi) is 6.12. The number of nitrogens with two attached hydrogens (primary N) is 1. The van der Waals surface area contributed by atoms with Crippen LogP contribution in [0.5, 0.6) is 0 Å². The lowest BCUT2D eigenvalue weighted by molar-refractivity contribution is -0.163. The Morgan fingerprint density at radius 1 is 1.25 bits per heavy atom. The summed E-state index contributed by atoms with van der Waals surface area (Å²) in [6.45, 7) is 6.12. The molecule has 4 rings (SSSR count). The molecule has 0 spiro atoms. The third-order valence-corrected chi connectivity index (χ3v) is 8.44. The van der Waals surface area contributed by atoms with Crippen LogP contribution in [0.1, 0.15) is 20.3 Å². The summed E-state index contributed by atoms with van der Waals surface area (Å²) in [5.41, 5.74) is 5.53. The Labute approximate surface area is 190 Å². The summed E-state index contributed by atoms with van der Waals surface area (Å²) in [6, 6.07) is -0.675. The van der Waals surface area contributed by atoms with Crippen molar-refractivity contribution in [2.24, 2.45) is 17.6 Å². The number of carboxylic acid groups (broad SMARTS) is 1. The number of carbonyl (C=O) groups excluding carboxylic acids is 2. The fraction of sp³-hybridized carbons (Fsp3) is 0.700. The van der Waals surface area contributed by atoms with Crippen molar-refractivity contribution in [3.05, 3.63) is 10.6 Å². The maximum Gasteiger partial charge on any atom is 0.353 e. The minimum absolute atomic E-state index is 0.00746. The number of nitrogens with zero attached hydrogens (tertiary/aromatic N) is 3. The van der Waals surface area contributed by atoms with Gasteiger partial charge in [-0.3, -0.25) is 15.0 Å². The van der Waals surface area contributed by atoms with Gasteiger partial charge >= 0.3 is 5.97 Å². The van der Waals surface area contributed by atoms with Gasteiger partial charge in [-0.25, -0.2) is 4.79 Å². The molecule has 176 valence electrons. The third-order valence-electron chi connectivity index (χ3n) is 6.93. The van der Waals surface area contributed by atoms with Crippen LogP contribution in [-0.4, -0.2) is 105 Å². The van der Waals surface area contributed by atoms with Gasteiger partial charge in [0.25, 0.3) is 0 Å². The normalized spacial score (nSPS) is 33.3. The topological polar surface area (TPSA) is 163 Å². The average Bonchev–Trinajstić information content (AvgIpc) is 3.29. The highest BCUT2D eigenvalue weighted by Crippen LogP contribution is 2.51. The number of amides is 2. The summed E-state index contributed by atoms with van der Waals surface area (Å²) in [7, 11) is 0. The molecule has 6 atom stereocenters. The van der Waals surface area contributed by atoms with E-state index in [0.29, 0.717) is 44.0 Å². The number of hydrogen-bond acceptors (Lipinski definition) is 7. The van der Waals surface area contributed by atoms with E-state index >= 15 is 0 Å². The zero-order valence-corrected chi connectivity index (χ0v) is 19.0. The Morgan fingerprint density at radius 3 is 2.44 bits per heavy atom. The number of piperazine rings is 1. The number of β-lactam (4-membered cyclic amide) rings is 1. The molecular weight excluding hydrogens is 436 g/mol. The molecule has 6 N–H and O–H groups in total. The molecule has 0 bridgehead atoms. The fourth-order valence-corrected chi connectivity index (χ4v) is 6.71. The number of carboxylic acids is 1. The maximum atomic E-state index is 12.9. The van der Waals surface area contributed by atoms with Crippen LogP contribution in [0.4, 0.5) is 0 Å². The van der Waals surface area contributed by atoms with Crippen LogP contribution in [0.2, 0.25) is 0 Å². The Morgan fingerprint density at radius 2 is 1.88 bits per heavy atom. The molecule has 4 aliphatic rings. The summed E-state index contributed by atoms with van der Waals surface area (Å²) in [5.74, 6) is -2.22. The third kappa shape index (κ3) is 3.73. The second-order valence-electron chi connectivity index (χ2n) is 8.91. The zero-order valence-electron chi connectivity index (χ0n) is 18.2. The molecule has 0 aromatic heterocycles. The SMILES string of the molecule is CC(O)[C@H]1C(=O)N2C(C(=O)O)=C(S[C@@H]3CN[C@H](C(=O)N4CCN(C(=N)N)CC4)C3)[C@H](C)[C@H]12. The van der Waals surface area contributed by atoms with E-state index < -0.39 is 18.0 Å². The molecule has 12 heteroatoms. The van der Waals surface area contributed by atoms with Gasteiger partial charge in [-0.1, -0.05) is 6.92 Å². The van der Waals surface area contributed by atoms with Gasteiger partial charge in [-0.2, -0.15) is 0 Å². The number of rotatable bonds is 5. The first-order valence-electron chi connectivity index (χ1n) is 10.9. The van der Waals surface area contributed by atoms with E-state index in [1.807, 2.05) is 6.92 Å². The van der Waals surface area contributed by atoms with Crippen molar-refractivity contribution in [1.29, 1.82) is 5.41 Å². The van der Waals surface area contributed by atoms with Crippen LogP contribution in [0.15, 0.2) is 10.6 Å². The number of fused-ring (bicyclic) bond motifs is 1. The zero-order chi connectivity index (χ0) is 23.3. The van der Waals surface area contributed by atoms with Gasteiger partial charge < -0.3 is 36.0 Å². The molecule has 4 heterocycles. The van der Waals surface area contributed by atoms with Crippen molar-refractivity contribution in [1.82, 2.24) is 20.0 Å². The largest absolute Gasteiger partial charge is 0.477 e. The molecule has 4 aliphatic heterocycles. The highest BCUT2D eigenvalue weighted by Gasteiger charge is 2.60. The summed E-state index contributed by atoms with van der Waals surface area (Å²) in [5, 5.41) is 30.5. The van der Waals surface area contributed by atoms with E-state index in [2.05, 4.69) is 5.32 Å². The Balaban J connectivity index is 1.40. The first-order valence-corrected chi connectivity index (χ1v) is 11.8. The molecule has 0 saturated carbocycles. The molecule has 0 aromatic rings. The van der Waals surface area contributed by atoms with Crippen molar-refractivity contribution in [3.63, 3.8) is 0 Å². The number of nitrogens with one attached hydrogen (secondary N) is 2. The second kappa shape index (κ2) is 8.56. The second-order valence-corrected chi connectivity index (χ2v) is 10.2. The predicted molar refractivity (Wildman–Crippen MR) is 117 cm³/mol. The molecule has 0 aromatic carbocycles. The van der Waals surface area contributed by atoms with Crippen molar-refractivity contribution in [3.8, 4) is 0 Å². The predicted octanol–water partition coefficient (Wildman–Crippen LogP) is -1.36. The minimum Gasteiger partial charge on any atom is -0.477 e. The monoisotopic (exact) mass is 466 g/mol. The number of aliphatic hydroxyl groups is 1. The van der Waals surface area contributed by atoms with E-state index in [4.69, 9.17) is 11.1 Å². The molecule has 11 nitrogen and oxygen atoms in total. The number of aliphatic carboxylic acids is 1. The molecule has 0 radical (unpaired) electrons. The van der Waals surface area contributed by atoms with Crippen molar-refractivity contribution < 1.29 is 24.6 Å². The van der Waals surface area contributed by atoms with Gasteiger partial charge in [0.15, 0.2) is 5.96 Å². The van der Waals surface area contributed by atoms with Crippen molar-refractivity contribution in [2.45, 2.75) is 43.7 Å². The number of thioether (sulfide) groups is 1. The van der Waals surface area contributed by atoms with Gasteiger partial charge in [0, 0.05) is 48.8 Å². The molecule has 1 unspecified atom stereocenters. The lowest BCUT2D eigenvalue weighted by atomic mass is 9.79. The van der Waals surface area contributed by atoms with E-state index in [1.54, 1.807) is 16.7 Å². The van der Waals surface area contributed by atoms with E-state index in [-0.39, 0.29) is 46.7 Å². The summed E-state index contributed by atoms with van der Waals surface area (Å²) in [6.07, 6.45) is -0.262. The van der Waals surface area contributed by atoms with E-state index in [9.17, 15) is 24.6 Å². The number of guanidine groups is 1. The Hall–Kier alpha value is -2.31. The fourth-order valence-electron chi connectivity index (χ4n) is 5.23. The van der Waals surface area contributed by atoms with Crippen LogP contribution in [0, 0.1) is 17.2 Å². The van der Waals surface area contributed by atoms with Crippen molar-refractivity contribution in [2.75, 3.05) is 32.7 Å². The van der Waals surface area contributed by atoms with E-state index in [0.717, 1.165) is 0 Å². The minimum atomic E-state index is -1.14. The van der Waals surface area contributed by atoms with Crippen LogP contribution in [-0.2, 0) is 14.4 Å². The van der Waals surface area contributed by atoms with Gasteiger partial charge in [0.1, 0.15) is 5.70 Å². The lowest BCUT2D eigenvalue weighted by Crippen LogP contribution is -2.63. The molecule has 0 aliphatic carbocycles. The van der Waals surface area contributed by atoms with E-state index in [1.165, 1.54) is 16.7 Å². The molecule has 32 heavy (non-hydrogen) atoms. The van der Waals surface area contributed by atoms with Gasteiger partial charge in [-0.15, -0.1) is 11.8 Å². The summed E-state index contributed by atoms with van der Waals surface area (Å²) >= 11 is 1.43. The molecule has 3 fully saturated rings.